The van der Waals surface area contributed by atoms with E-state index in [2.05, 4.69) is 5.32 Å². The number of hydrogen-bond acceptors (Lipinski definition) is 2. The lowest BCUT2D eigenvalue weighted by Crippen LogP contribution is -2.48. The summed E-state index contributed by atoms with van der Waals surface area (Å²) < 4.78 is 0. The van der Waals surface area contributed by atoms with Gasteiger partial charge in [-0.25, -0.2) is 0 Å². The maximum absolute atomic E-state index is 11.9. The molecule has 0 radical (unpaired) electrons. The first-order valence-corrected chi connectivity index (χ1v) is 8.14. The SMILES string of the molecule is Cl.NC1(C(=O)NCCC23CC4CC(CC(C4)C2)C3)CC1. The van der Waals surface area contributed by atoms with Crippen LogP contribution in [-0.2, 0) is 4.79 Å². The Hall–Kier alpha value is -0.280. The summed E-state index contributed by atoms with van der Waals surface area (Å²) in [6.45, 7) is 0.851. The zero-order valence-electron chi connectivity index (χ0n) is 12.2. The Balaban J connectivity index is 0.00000121. The third-order valence-electron chi connectivity index (χ3n) is 6.35. The molecule has 5 saturated carbocycles. The largest absolute Gasteiger partial charge is 0.354 e. The van der Waals surface area contributed by atoms with E-state index >= 15 is 0 Å². The van der Waals surface area contributed by atoms with Crippen molar-refractivity contribution in [2.24, 2.45) is 28.9 Å². The fourth-order valence-electron chi connectivity index (χ4n) is 5.58. The Morgan fingerprint density at radius 3 is 2.00 bits per heavy atom. The molecule has 5 rings (SSSR count). The van der Waals surface area contributed by atoms with Crippen LogP contribution in [0.4, 0.5) is 0 Å². The van der Waals surface area contributed by atoms with Gasteiger partial charge >= 0.3 is 0 Å². The second-order valence-electron chi connectivity index (χ2n) is 8.08. The Kier molecular flexibility index (Phi) is 3.57. The van der Waals surface area contributed by atoms with Gasteiger partial charge in [-0.05, 0) is 81.0 Å². The summed E-state index contributed by atoms with van der Waals surface area (Å²) in [5.74, 6) is 3.11. The summed E-state index contributed by atoms with van der Waals surface area (Å²) in [7, 11) is 0. The average molecular weight is 299 g/mol. The lowest BCUT2D eigenvalue weighted by molar-refractivity contribution is -0.123. The van der Waals surface area contributed by atoms with E-state index in [-0.39, 0.29) is 18.3 Å². The van der Waals surface area contributed by atoms with E-state index in [9.17, 15) is 4.79 Å². The quantitative estimate of drug-likeness (QED) is 0.838. The lowest BCUT2D eigenvalue weighted by atomic mass is 9.49. The number of rotatable bonds is 4. The zero-order valence-corrected chi connectivity index (χ0v) is 13.0. The smallest absolute Gasteiger partial charge is 0.240 e. The van der Waals surface area contributed by atoms with Crippen LogP contribution < -0.4 is 11.1 Å². The van der Waals surface area contributed by atoms with Crippen LogP contribution in [0.1, 0.15) is 57.8 Å². The minimum absolute atomic E-state index is 0. The molecule has 0 spiro atoms. The molecule has 0 atom stereocenters. The van der Waals surface area contributed by atoms with Crippen molar-refractivity contribution >= 4 is 18.3 Å². The van der Waals surface area contributed by atoms with Crippen LogP contribution in [0.15, 0.2) is 0 Å². The number of carbonyl (C=O) groups excluding carboxylic acids is 1. The van der Waals surface area contributed by atoms with Gasteiger partial charge in [0.05, 0.1) is 5.54 Å². The van der Waals surface area contributed by atoms with Crippen molar-refractivity contribution in [1.82, 2.24) is 5.32 Å². The molecule has 0 aromatic carbocycles. The van der Waals surface area contributed by atoms with Crippen LogP contribution in [0.2, 0.25) is 0 Å². The third kappa shape index (κ3) is 2.48. The highest BCUT2D eigenvalue weighted by molar-refractivity contribution is 5.88. The molecule has 5 aliphatic rings. The molecule has 0 saturated heterocycles. The van der Waals surface area contributed by atoms with Gasteiger partial charge in [0.1, 0.15) is 0 Å². The molecule has 0 heterocycles. The lowest BCUT2D eigenvalue weighted by Gasteiger charge is -2.57. The Labute approximate surface area is 127 Å². The molecule has 1 amide bonds. The van der Waals surface area contributed by atoms with Gasteiger partial charge < -0.3 is 11.1 Å². The van der Waals surface area contributed by atoms with Crippen LogP contribution in [0.5, 0.6) is 0 Å². The van der Waals surface area contributed by atoms with Crippen molar-refractivity contribution in [3.05, 3.63) is 0 Å². The fourth-order valence-corrected chi connectivity index (χ4v) is 5.58. The van der Waals surface area contributed by atoms with Gasteiger partial charge in [-0.2, -0.15) is 0 Å². The first-order chi connectivity index (χ1) is 9.07. The summed E-state index contributed by atoms with van der Waals surface area (Å²) in [6.07, 6.45) is 11.7. The molecule has 0 aromatic heterocycles. The van der Waals surface area contributed by atoms with Gasteiger partial charge in [0.25, 0.3) is 0 Å². The maximum Gasteiger partial charge on any atom is 0.240 e. The number of halogens is 1. The van der Waals surface area contributed by atoms with Crippen molar-refractivity contribution in [2.75, 3.05) is 6.54 Å². The van der Waals surface area contributed by atoms with Gasteiger partial charge in [-0.3, -0.25) is 4.79 Å². The van der Waals surface area contributed by atoms with E-state index in [1.807, 2.05) is 0 Å². The van der Waals surface area contributed by atoms with E-state index in [1.165, 1.54) is 44.9 Å². The van der Waals surface area contributed by atoms with Crippen molar-refractivity contribution in [3.8, 4) is 0 Å². The van der Waals surface area contributed by atoms with Crippen LogP contribution in [-0.4, -0.2) is 18.0 Å². The standard InChI is InChI=1S/C16H26N2O.ClH/c17-16(1-2-16)14(19)18-4-3-15-8-11-5-12(9-15)7-13(6-11)10-15;/h11-13H,1-10,17H2,(H,18,19);1H. The summed E-state index contributed by atoms with van der Waals surface area (Å²) in [5, 5.41) is 3.10. The van der Waals surface area contributed by atoms with Crippen molar-refractivity contribution < 1.29 is 4.79 Å². The molecule has 0 aliphatic heterocycles. The summed E-state index contributed by atoms with van der Waals surface area (Å²) in [4.78, 5) is 11.9. The highest BCUT2D eigenvalue weighted by Crippen LogP contribution is 2.61. The Morgan fingerprint density at radius 2 is 1.55 bits per heavy atom. The normalized spacial score (nSPS) is 43.0. The molecule has 3 N–H and O–H groups in total. The van der Waals surface area contributed by atoms with E-state index < -0.39 is 5.54 Å². The Bertz CT molecular complexity index is 370. The molecular formula is C16H27ClN2O. The highest BCUT2D eigenvalue weighted by Gasteiger charge is 2.51. The fraction of sp³-hybridized carbons (Fsp3) is 0.938. The molecule has 114 valence electrons. The minimum Gasteiger partial charge on any atom is -0.354 e. The molecule has 5 aliphatic carbocycles. The molecule has 0 unspecified atom stereocenters. The first-order valence-electron chi connectivity index (χ1n) is 8.14. The number of hydrogen-bond donors (Lipinski definition) is 2. The van der Waals surface area contributed by atoms with E-state index in [0.717, 1.165) is 37.1 Å². The van der Waals surface area contributed by atoms with Gasteiger partial charge in [0.15, 0.2) is 0 Å². The second-order valence-corrected chi connectivity index (χ2v) is 8.08. The molecule has 20 heavy (non-hydrogen) atoms. The summed E-state index contributed by atoms with van der Waals surface area (Å²) in [6, 6.07) is 0. The minimum atomic E-state index is -0.499. The third-order valence-corrected chi connectivity index (χ3v) is 6.35. The molecule has 4 bridgehead atoms. The van der Waals surface area contributed by atoms with Crippen LogP contribution in [0, 0.1) is 23.2 Å². The van der Waals surface area contributed by atoms with Gasteiger partial charge in [0, 0.05) is 6.54 Å². The van der Waals surface area contributed by atoms with Crippen molar-refractivity contribution in [2.45, 2.75) is 63.3 Å². The number of nitrogens with one attached hydrogen (secondary N) is 1. The molecule has 4 heteroatoms. The number of amides is 1. The second kappa shape index (κ2) is 4.88. The Morgan fingerprint density at radius 1 is 1.05 bits per heavy atom. The van der Waals surface area contributed by atoms with E-state index in [1.54, 1.807) is 0 Å². The number of carbonyl (C=O) groups is 1. The molecule has 5 fully saturated rings. The van der Waals surface area contributed by atoms with Crippen LogP contribution >= 0.6 is 12.4 Å². The predicted octanol–water partition coefficient (Wildman–Crippen LogP) is 2.62. The molecule has 0 aromatic rings. The predicted molar refractivity (Wildman–Crippen MR) is 81.6 cm³/mol. The van der Waals surface area contributed by atoms with Gasteiger partial charge in [-0.1, -0.05) is 0 Å². The average Bonchev–Trinajstić information content (AvgIpc) is 3.06. The topological polar surface area (TPSA) is 55.1 Å². The van der Waals surface area contributed by atoms with Gasteiger partial charge in [0.2, 0.25) is 5.91 Å². The summed E-state index contributed by atoms with van der Waals surface area (Å²) >= 11 is 0. The molecular weight excluding hydrogens is 272 g/mol. The van der Waals surface area contributed by atoms with Crippen molar-refractivity contribution in [3.63, 3.8) is 0 Å². The van der Waals surface area contributed by atoms with Crippen molar-refractivity contribution in [1.29, 1.82) is 0 Å². The number of nitrogens with two attached hydrogens (primary N) is 1. The van der Waals surface area contributed by atoms with Gasteiger partial charge in [-0.15, -0.1) is 12.4 Å². The summed E-state index contributed by atoms with van der Waals surface area (Å²) in [5.41, 5.74) is 6.00. The van der Waals surface area contributed by atoms with E-state index in [0.29, 0.717) is 5.41 Å². The van der Waals surface area contributed by atoms with Crippen LogP contribution in [0.25, 0.3) is 0 Å². The molecule has 3 nitrogen and oxygen atoms in total. The zero-order chi connectivity index (χ0) is 13.1. The van der Waals surface area contributed by atoms with Crippen LogP contribution in [0.3, 0.4) is 0 Å². The monoisotopic (exact) mass is 298 g/mol. The van der Waals surface area contributed by atoms with E-state index in [4.69, 9.17) is 5.73 Å². The maximum atomic E-state index is 11.9. The first kappa shape index (κ1) is 14.6. The highest BCUT2D eigenvalue weighted by atomic mass is 35.5.